The molecular weight excluding hydrogens is 224 g/mol. The number of carbonyl (C=O) groups excluding carboxylic acids is 1. The average molecular weight is 240 g/mol. The van der Waals surface area contributed by atoms with E-state index < -0.39 is 0 Å². The molecule has 0 aliphatic heterocycles. The molecule has 1 rings (SSSR count). The lowest BCUT2D eigenvalue weighted by molar-refractivity contribution is 0.0989. The van der Waals surface area contributed by atoms with E-state index in [1.54, 1.807) is 23.5 Å². The van der Waals surface area contributed by atoms with E-state index in [0.29, 0.717) is 6.42 Å². The molecular formula is C12H16OS2. The lowest BCUT2D eigenvalue weighted by Gasteiger charge is -2.02. The average Bonchev–Trinajstić information content (AvgIpc) is 2.27. The van der Waals surface area contributed by atoms with Crippen molar-refractivity contribution in [2.24, 2.45) is 0 Å². The second-order valence-corrected chi connectivity index (χ2v) is 5.45. The molecule has 0 aliphatic carbocycles. The van der Waals surface area contributed by atoms with Crippen LogP contribution < -0.4 is 0 Å². The molecule has 1 nitrogen and oxygen atoms in total. The van der Waals surface area contributed by atoms with Crippen molar-refractivity contribution in [2.45, 2.75) is 18.2 Å². The fourth-order valence-corrected chi connectivity index (χ4v) is 2.29. The maximum absolute atomic E-state index is 11.7. The normalized spacial score (nSPS) is 10.3. The first-order chi connectivity index (χ1) is 7.27. The summed E-state index contributed by atoms with van der Waals surface area (Å²) < 4.78 is 0. The van der Waals surface area contributed by atoms with E-state index in [-0.39, 0.29) is 5.78 Å². The van der Waals surface area contributed by atoms with E-state index >= 15 is 0 Å². The molecule has 0 unspecified atom stereocenters. The minimum Gasteiger partial charge on any atom is -0.294 e. The fraction of sp³-hybridized carbons (Fsp3) is 0.417. The van der Waals surface area contributed by atoms with Crippen molar-refractivity contribution in [3.05, 3.63) is 29.8 Å². The predicted molar refractivity (Wildman–Crippen MR) is 70.2 cm³/mol. The van der Waals surface area contributed by atoms with Crippen LogP contribution in [-0.2, 0) is 0 Å². The standard InChI is InChI=1S/C12H16OS2/c1-3-15-11-6-4-10(5-7-11)12(13)8-9-14-2/h4-7H,3,8-9H2,1-2H3. The highest BCUT2D eigenvalue weighted by Crippen LogP contribution is 2.18. The number of thioether (sulfide) groups is 2. The first kappa shape index (κ1) is 12.7. The zero-order valence-electron chi connectivity index (χ0n) is 9.16. The molecule has 0 spiro atoms. The molecule has 0 aliphatic rings. The molecule has 0 fully saturated rings. The van der Waals surface area contributed by atoms with Crippen LogP contribution in [0.2, 0.25) is 0 Å². The van der Waals surface area contributed by atoms with Gasteiger partial charge >= 0.3 is 0 Å². The van der Waals surface area contributed by atoms with Gasteiger partial charge in [0.2, 0.25) is 0 Å². The van der Waals surface area contributed by atoms with Crippen LogP contribution in [-0.4, -0.2) is 23.5 Å². The summed E-state index contributed by atoms with van der Waals surface area (Å²) in [5.74, 6) is 2.22. The van der Waals surface area contributed by atoms with Crippen molar-refractivity contribution < 1.29 is 4.79 Å². The maximum atomic E-state index is 11.7. The van der Waals surface area contributed by atoms with Gasteiger partial charge in [0.05, 0.1) is 0 Å². The molecule has 1 aromatic carbocycles. The van der Waals surface area contributed by atoms with E-state index in [2.05, 4.69) is 6.92 Å². The Bertz CT molecular complexity index is 306. The van der Waals surface area contributed by atoms with E-state index in [0.717, 1.165) is 17.1 Å². The van der Waals surface area contributed by atoms with Crippen molar-refractivity contribution in [1.29, 1.82) is 0 Å². The van der Waals surface area contributed by atoms with Crippen LogP contribution in [0.1, 0.15) is 23.7 Å². The highest BCUT2D eigenvalue weighted by Gasteiger charge is 2.04. The van der Waals surface area contributed by atoms with Gasteiger partial charge in [0, 0.05) is 22.6 Å². The summed E-state index contributed by atoms with van der Waals surface area (Å²) in [6, 6.07) is 7.92. The van der Waals surface area contributed by atoms with Gasteiger partial charge < -0.3 is 0 Å². The molecule has 0 atom stereocenters. The summed E-state index contributed by atoms with van der Waals surface area (Å²) in [5, 5.41) is 0. The van der Waals surface area contributed by atoms with Gasteiger partial charge in [0.25, 0.3) is 0 Å². The Morgan fingerprint density at radius 2 is 1.93 bits per heavy atom. The third-order valence-electron chi connectivity index (χ3n) is 2.02. The second-order valence-electron chi connectivity index (χ2n) is 3.12. The van der Waals surface area contributed by atoms with Gasteiger partial charge in [0.1, 0.15) is 0 Å². The zero-order chi connectivity index (χ0) is 11.1. The van der Waals surface area contributed by atoms with Crippen molar-refractivity contribution >= 4 is 29.3 Å². The third-order valence-corrected chi connectivity index (χ3v) is 3.53. The van der Waals surface area contributed by atoms with Crippen molar-refractivity contribution in [2.75, 3.05) is 17.8 Å². The minimum absolute atomic E-state index is 0.248. The van der Waals surface area contributed by atoms with Gasteiger partial charge in [0.15, 0.2) is 5.78 Å². The van der Waals surface area contributed by atoms with Gasteiger partial charge in [-0.2, -0.15) is 11.8 Å². The second kappa shape index (κ2) is 6.96. The predicted octanol–water partition coefficient (Wildman–Crippen LogP) is 3.73. The Hall–Kier alpha value is -0.410. The van der Waals surface area contributed by atoms with Crippen LogP contribution in [0.5, 0.6) is 0 Å². The molecule has 0 aromatic heterocycles. The lowest BCUT2D eigenvalue weighted by Crippen LogP contribution is -1.99. The van der Waals surface area contributed by atoms with Crippen LogP contribution in [0.3, 0.4) is 0 Å². The Labute approximate surface area is 100 Å². The number of hydrogen-bond acceptors (Lipinski definition) is 3. The molecule has 1 aromatic rings. The minimum atomic E-state index is 0.248. The Morgan fingerprint density at radius 3 is 2.47 bits per heavy atom. The van der Waals surface area contributed by atoms with Gasteiger partial charge in [-0.05, 0) is 24.1 Å². The molecule has 0 saturated carbocycles. The molecule has 0 heterocycles. The van der Waals surface area contributed by atoms with E-state index in [4.69, 9.17) is 0 Å². The Balaban J connectivity index is 2.58. The zero-order valence-corrected chi connectivity index (χ0v) is 10.8. The van der Waals surface area contributed by atoms with E-state index in [9.17, 15) is 4.79 Å². The van der Waals surface area contributed by atoms with E-state index in [1.807, 2.05) is 30.5 Å². The lowest BCUT2D eigenvalue weighted by atomic mass is 10.1. The molecule has 0 bridgehead atoms. The first-order valence-corrected chi connectivity index (χ1v) is 7.41. The van der Waals surface area contributed by atoms with Crippen molar-refractivity contribution in [1.82, 2.24) is 0 Å². The summed E-state index contributed by atoms with van der Waals surface area (Å²) in [4.78, 5) is 12.9. The van der Waals surface area contributed by atoms with Crippen LogP contribution in [0.25, 0.3) is 0 Å². The summed E-state index contributed by atoms with van der Waals surface area (Å²) in [5.41, 5.74) is 0.838. The number of Topliss-reactive ketones (excluding diaryl/α,β-unsaturated/α-hetero) is 1. The molecule has 0 radical (unpaired) electrons. The molecule has 0 N–H and O–H groups in total. The van der Waals surface area contributed by atoms with Gasteiger partial charge in [-0.15, -0.1) is 11.8 Å². The van der Waals surface area contributed by atoms with E-state index in [1.165, 1.54) is 4.90 Å². The van der Waals surface area contributed by atoms with Gasteiger partial charge in [-0.1, -0.05) is 19.1 Å². The fourth-order valence-electron chi connectivity index (χ4n) is 1.24. The topological polar surface area (TPSA) is 17.1 Å². The molecule has 15 heavy (non-hydrogen) atoms. The Kier molecular flexibility index (Phi) is 5.88. The Morgan fingerprint density at radius 1 is 1.27 bits per heavy atom. The van der Waals surface area contributed by atoms with Crippen molar-refractivity contribution in [3.63, 3.8) is 0 Å². The van der Waals surface area contributed by atoms with Gasteiger partial charge in [-0.25, -0.2) is 0 Å². The maximum Gasteiger partial charge on any atom is 0.163 e. The number of hydrogen-bond donors (Lipinski definition) is 0. The number of benzene rings is 1. The summed E-state index contributed by atoms with van der Waals surface area (Å²) in [6.45, 7) is 2.13. The van der Waals surface area contributed by atoms with Crippen LogP contribution in [0, 0.1) is 0 Å². The largest absolute Gasteiger partial charge is 0.294 e. The molecule has 3 heteroatoms. The molecule has 0 amide bonds. The summed E-state index contributed by atoms with van der Waals surface area (Å²) >= 11 is 3.51. The number of rotatable bonds is 6. The molecule has 0 saturated heterocycles. The van der Waals surface area contributed by atoms with Crippen LogP contribution in [0.15, 0.2) is 29.2 Å². The monoisotopic (exact) mass is 240 g/mol. The summed E-state index contributed by atoms with van der Waals surface area (Å²) in [7, 11) is 0. The van der Waals surface area contributed by atoms with Crippen LogP contribution >= 0.6 is 23.5 Å². The SMILES string of the molecule is CCSc1ccc(C(=O)CCSC)cc1. The smallest absolute Gasteiger partial charge is 0.163 e. The van der Waals surface area contributed by atoms with Gasteiger partial charge in [-0.3, -0.25) is 4.79 Å². The summed E-state index contributed by atoms with van der Waals surface area (Å²) in [6.07, 6.45) is 2.66. The highest BCUT2D eigenvalue weighted by molar-refractivity contribution is 7.99. The highest BCUT2D eigenvalue weighted by atomic mass is 32.2. The molecule has 82 valence electrons. The van der Waals surface area contributed by atoms with Crippen molar-refractivity contribution in [3.8, 4) is 0 Å². The third kappa shape index (κ3) is 4.31. The quantitative estimate of drug-likeness (QED) is 0.557. The first-order valence-electron chi connectivity index (χ1n) is 5.03. The number of carbonyl (C=O) groups is 1. The van der Waals surface area contributed by atoms with Crippen LogP contribution in [0.4, 0.5) is 0 Å². The number of ketones is 1.